The summed E-state index contributed by atoms with van der Waals surface area (Å²) in [7, 11) is 0. The SMILES string of the molecule is CC(C)(C)OC(=O)NC1(C(=O)OCC2CCN(C(=O)OCc3ccccc3)CC2)CCc2ccccc21. The van der Waals surface area contributed by atoms with Gasteiger partial charge in [-0.3, -0.25) is 0 Å². The number of amides is 2. The van der Waals surface area contributed by atoms with Gasteiger partial charge < -0.3 is 24.4 Å². The lowest BCUT2D eigenvalue weighted by Crippen LogP contribution is -2.53. The van der Waals surface area contributed by atoms with E-state index in [1.54, 1.807) is 25.7 Å². The van der Waals surface area contributed by atoms with E-state index in [2.05, 4.69) is 5.32 Å². The number of hydrogen-bond donors (Lipinski definition) is 1. The van der Waals surface area contributed by atoms with Gasteiger partial charge in [0, 0.05) is 13.1 Å². The number of likely N-dealkylation sites (tertiary alicyclic amines) is 1. The number of piperidine rings is 1. The molecular formula is C29H36N2O6. The van der Waals surface area contributed by atoms with Crippen molar-refractivity contribution in [2.75, 3.05) is 19.7 Å². The van der Waals surface area contributed by atoms with Crippen molar-refractivity contribution in [2.24, 2.45) is 5.92 Å². The third-order valence-electron chi connectivity index (χ3n) is 6.84. The van der Waals surface area contributed by atoms with Crippen molar-refractivity contribution in [1.29, 1.82) is 0 Å². The Morgan fingerprint density at radius 1 is 0.973 bits per heavy atom. The first kappa shape index (κ1) is 26.5. The summed E-state index contributed by atoms with van der Waals surface area (Å²) < 4.78 is 16.7. The molecule has 1 atom stereocenters. The van der Waals surface area contributed by atoms with Crippen LogP contribution in [0.15, 0.2) is 54.6 Å². The number of rotatable bonds is 6. The average molecular weight is 509 g/mol. The summed E-state index contributed by atoms with van der Waals surface area (Å²) in [4.78, 5) is 40.3. The van der Waals surface area contributed by atoms with E-state index in [1.165, 1.54) is 0 Å². The summed E-state index contributed by atoms with van der Waals surface area (Å²) in [5.74, 6) is -0.356. The molecule has 0 aromatic heterocycles. The molecule has 0 bridgehead atoms. The molecule has 2 aromatic rings. The van der Waals surface area contributed by atoms with Gasteiger partial charge in [0.1, 0.15) is 12.2 Å². The normalized spacial score (nSPS) is 19.6. The number of carbonyl (C=O) groups excluding carboxylic acids is 3. The summed E-state index contributed by atoms with van der Waals surface area (Å²) in [5, 5.41) is 2.84. The number of nitrogens with zero attached hydrogens (tertiary/aromatic N) is 1. The van der Waals surface area contributed by atoms with Crippen LogP contribution in [0, 0.1) is 5.92 Å². The largest absolute Gasteiger partial charge is 0.463 e. The molecule has 2 aliphatic rings. The Labute approximate surface area is 218 Å². The molecule has 4 rings (SSSR count). The van der Waals surface area contributed by atoms with Crippen LogP contribution in [0.2, 0.25) is 0 Å². The van der Waals surface area contributed by atoms with Crippen molar-refractivity contribution in [3.05, 3.63) is 71.3 Å². The topological polar surface area (TPSA) is 94.2 Å². The summed E-state index contributed by atoms with van der Waals surface area (Å²) in [6.45, 7) is 6.90. The number of carbonyl (C=O) groups is 3. The molecule has 1 fully saturated rings. The molecule has 0 spiro atoms. The summed E-state index contributed by atoms with van der Waals surface area (Å²) in [5.41, 5.74) is 0.740. The van der Waals surface area contributed by atoms with Gasteiger partial charge in [-0.05, 0) is 69.1 Å². The van der Waals surface area contributed by atoms with Gasteiger partial charge >= 0.3 is 18.2 Å². The van der Waals surface area contributed by atoms with Crippen LogP contribution in [0.3, 0.4) is 0 Å². The first-order valence-electron chi connectivity index (χ1n) is 12.9. The van der Waals surface area contributed by atoms with E-state index in [0.29, 0.717) is 38.8 Å². The Bertz CT molecular complexity index is 1100. The molecule has 0 saturated carbocycles. The van der Waals surface area contributed by atoms with Gasteiger partial charge in [0.05, 0.1) is 6.61 Å². The quantitative estimate of drug-likeness (QED) is 0.439. The monoisotopic (exact) mass is 508 g/mol. The zero-order valence-electron chi connectivity index (χ0n) is 21.8. The van der Waals surface area contributed by atoms with Gasteiger partial charge in [-0.25, -0.2) is 14.4 Å². The number of ether oxygens (including phenoxy) is 3. The Kier molecular flexibility index (Phi) is 8.05. The molecule has 1 aliphatic heterocycles. The Hall–Kier alpha value is -3.55. The van der Waals surface area contributed by atoms with Crippen LogP contribution in [0.1, 0.15) is 56.7 Å². The van der Waals surface area contributed by atoms with Crippen LogP contribution in [0.25, 0.3) is 0 Å². The highest BCUT2D eigenvalue weighted by atomic mass is 16.6. The number of fused-ring (bicyclic) bond motifs is 1. The minimum atomic E-state index is -1.28. The third-order valence-corrected chi connectivity index (χ3v) is 6.84. The number of hydrogen-bond acceptors (Lipinski definition) is 6. The number of aryl methyl sites for hydroxylation is 1. The van der Waals surface area contributed by atoms with Crippen LogP contribution in [-0.4, -0.2) is 48.4 Å². The zero-order valence-corrected chi connectivity index (χ0v) is 21.8. The molecule has 198 valence electrons. The van der Waals surface area contributed by atoms with E-state index >= 15 is 0 Å². The van der Waals surface area contributed by atoms with E-state index in [1.807, 2.05) is 54.6 Å². The molecule has 1 heterocycles. The highest BCUT2D eigenvalue weighted by Crippen LogP contribution is 2.38. The van der Waals surface area contributed by atoms with Crippen LogP contribution in [0.4, 0.5) is 9.59 Å². The molecule has 2 amide bonds. The zero-order chi connectivity index (χ0) is 26.5. The van der Waals surface area contributed by atoms with Crippen LogP contribution in [-0.2, 0) is 37.6 Å². The fourth-order valence-electron chi connectivity index (χ4n) is 4.89. The predicted octanol–water partition coefficient (Wildman–Crippen LogP) is 4.94. The lowest BCUT2D eigenvalue weighted by Gasteiger charge is -2.33. The third kappa shape index (κ3) is 6.61. The first-order valence-corrected chi connectivity index (χ1v) is 12.9. The number of esters is 1. The molecule has 1 saturated heterocycles. The smallest absolute Gasteiger partial charge is 0.410 e. The maximum Gasteiger partial charge on any atom is 0.410 e. The van der Waals surface area contributed by atoms with Crippen molar-refractivity contribution in [2.45, 2.75) is 64.2 Å². The molecule has 8 heteroatoms. The maximum absolute atomic E-state index is 13.5. The fourth-order valence-corrected chi connectivity index (χ4v) is 4.89. The lowest BCUT2D eigenvalue weighted by molar-refractivity contribution is -0.154. The molecule has 37 heavy (non-hydrogen) atoms. The number of alkyl carbamates (subject to hydrolysis) is 1. The minimum Gasteiger partial charge on any atom is -0.463 e. The molecule has 1 aliphatic carbocycles. The van der Waals surface area contributed by atoms with E-state index in [4.69, 9.17) is 14.2 Å². The fraction of sp³-hybridized carbons (Fsp3) is 0.483. The van der Waals surface area contributed by atoms with Gasteiger partial charge in [0.2, 0.25) is 0 Å². The first-order chi connectivity index (χ1) is 17.7. The summed E-state index contributed by atoms with van der Waals surface area (Å²) in [6.07, 6.45) is 1.50. The van der Waals surface area contributed by atoms with E-state index in [9.17, 15) is 14.4 Å². The molecule has 1 unspecified atom stereocenters. The average Bonchev–Trinajstić information content (AvgIpc) is 3.25. The van der Waals surface area contributed by atoms with Crippen LogP contribution < -0.4 is 5.32 Å². The highest BCUT2D eigenvalue weighted by molar-refractivity contribution is 5.88. The Morgan fingerprint density at radius 2 is 1.65 bits per heavy atom. The van der Waals surface area contributed by atoms with Crippen LogP contribution >= 0.6 is 0 Å². The number of benzene rings is 2. The van der Waals surface area contributed by atoms with Crippen molar-refractivity contribution in [3.63, 3.8) is 0 Å². The molecule has 0 radical (unpaired) electrons. The van der Waals surface area contributed by atoms with Crippen LogP contribution in [0.5, 0.6) is 0 Å². The Morgan fingerprint density at radius 3 is 2.35 bits per heavy atom. The van der Waals surface area contributed by atoms with Gasteiger partial charge in [-0.15, -0.1) is 0 Å². The minimum absolute atomic E-state index is 0.123. The second-order valence-electron chi connectivity index (χ2n) is 10.8. The van der Waals surface area contributed by atoms with Crippen molar-refractivity contribution < 1.29 is 28.6 Å². The van der Waals surface area contributed by atoms with Crippen molar-refractivity contribution in [3.8, 4) is 0 Å². The molecule has 8 nitrogen and oxygen atoms in total. The van der Waals surface area contributed by atoms with Gasteiger partial charge in [0.15, 0.2) is 5.54 Å². The maximum atomic E-state index is 13.5. The molecule has 2 aromatic carbocycles. The summed E-state index contributed by atoms with van der Waals surface area (Å²) >= 11 is 0. The Balaban J connectivity index is 1.32. The van der Waals surface area contributed by atoms with Gasteiger partial charge in [-0.1, -0.05) is 54.6 Å². The van der Waals surface area contributed by atoms with E-state index in [0.717, 1.165) is 16.7 Å². The highest BCUT2D eigenvalue weighted by Gasteiger charge is 2.49. The predicted molar refractivity (Wildman–Crippen MR) is 138 cm³/mol. The number of nitrogens with one attached hydrogen (secondary N) is 1. The standard InChI is InChI=1S/C29H36N2O6/c1-28(2,3)37-26(33)30-29(16-13-23-11-7-8-12-24(23)29)25(32)35-19-22-14-17-31(18-15-22)27(34)36-20-21-9-5-4-6-10-21/h4-12,22H,13-20H2,1-3H3,(H,30,33). The van der Waals surface area contributed by atoms with E-state index in [-0.39, 0.29) is 25.2 Å². The van der Waals surface area contributed by atoms with Crippen molar-refractivity contribution >= 4 is 18.2 Å². The van der Waals surface area contributed by atoms with Crippen molar-refractivity contribution in [1.82, 2.24) is 10.2 Å². The molecule has 1 N–H and O–H groups in total. The van der Waals surface area contributed by atoms with Gasteiger partial charge in [-0.2, -0.15) is 0 Å². The van der Waals surface area contributed by atoms with Gasteiger partial charge in [0.25, 0.3) is 0 Å². The summed E-state index contributed by atoms with van der Waals surface area (Å²) in [6, 6.07) is 17.2. The second-order valence-corrected chi connectivity index (χ2v) is 10.8. The van der Waals surface area contributed by atoms with E-state index < -0.39 is 23.2 Å². The lowest BCUT2D eigenvalue weighted by atomic mass is 9.91. The molecular weight excluding hydrogens is 472 g/mol. The second kappa shape index (κ2) is 11.2.